The number of hydrogen-bond acceptors (Lipinski definition) is 4. The lowest BCUT2D eigenvalue weighted by atomic mass is 9.98. The maximum atomic E-state index is 12.1. The van der Waals surface area contributed by atoms with Crippen LogP contribution in [0.5, 0.6) is 17.2 Å². The van der Waals surface area contributed by atoms with Crippen LogP contribution in [0, 0.1) is 0 Å². The van der Waals surface area contributed by atoms with Gasteiger partial charge in [-0.25, -0.2) is 0 Å². The summed E-state index contributed by atoms with van der Waals surface area (Å²) < 4.78 is 16.4. The summed E-state index contributed by atoms with van der Waals surface area (Å²) in [4.78, 5) is 12.1. The van der Waals surface area contributed by atoms with Crippen LogP contribution in [0.2, 0.25) is 0 Å². The lowest BCUT2D eigenvalue weighted by Gasteiger charge is -2.17. The fourth-order valence-corrected chi connectivity index (χ4v) is 2.70. The Morgan fingerprint density at radius 2 is 1.65 bits per heavy atom. The minimum Gasteiger partial charge on any atom is -0.496 e. The Balaban J connectivity index is 2.55. The molecule has 0 amide bonds. The first-order chi connectivity index (χ1) is 9.72. The van der Waals surface area contributed by atoms with E-state index in [-0.39, 0.29) is 5.78 Å². The van der Waals surface area contributed by atoms with Gasteiger partial charge in [-0.3, -0.25) is 4.79 Å². The number of carbonyl (C=O) groups is 1. The molecule has 0 fully saturated rings. The Bertz CT molecular complexity index is 744. The second kappa shape index (κ2) is 4.56. The van der Waals surface area contributed by atoms with Crippen molar-refractivity contribution in [1.29, 1.82) is 0 Å². The zero-order valence-corrected chi connectivity index (χ0v) is 11.5. The zero-order chi connectivity index (χ0) is 14.3. The maximum Gasteiger partial charge on any atom is 0.190 e. The molecule has 0 spiro atoms. The van der Waals surface area contributed by atoms with Gasteiger partial charge in [0.1, 0.15) is 17.2 Å². The van der Waals surface area contributed by atoms with Crippen molar-refractivity contribution in [3.05, 3.63) is 35.4 Å². The van der Waals surface area contributed by atoms with Crippen LogP contribution >= 0.6 is 0 Å². The molecule has 0 aliphatic heterocycles. The van der Waals surface area contributed by atoms with Crippen LogP contribution in [-0.2, 0) is 0 Å². The maximum absolute atomic E-state index is 12.1. The summed E-state index contributed by atoms with van der Waals surface area (Å²) in [6, 6.07) is 5.65. The number of rotatable bonds is 3. The third-order valence-corrected chi connectivity index (χ3v) is 3.51. The van der Waals surface area contributed by atoms with Crippen molar-refractivity contribution in [2.45, 2.75) is 0 Å². The van der Waals surface area contributed by atoms with Crippen molar-refractivity contribution in [3.63, 3.8) is 0 Å². The summed E-state index contributed by atoms with van der Waals surface area (Å²) in [6.45, 7) is 0. The molecule has 3 rings (SSSR count). The molecular weight excluding hydrogens is 256 g/mol. The topological polar surface area (TPSA) is 44.8 Å². The molecule has 0 saturated heterocycles. The highest BCUT2D eigenvalue weighted by Gasteiger charge is 2.28. The molecule has 0 radical (unpaired) electrons. The van der Waals surface area contributed by atoms with Crippen molar-refractivity contribution in [2.24, 2.45) is 0 Å². The van der Waals surface area contributed by atoms with Gasteiger partial charge in [0.25, 0.3) is 0 Å². The summed E-state index contributed by atoms with van der Waals surface area (Å²) in [5, 5.41) is 1.62. The first-order valence-corrected chi connectivity index (χ1v) is 6.20. The molecule has 4 nitrogen and oxygen atoms in total. The first-order valence-electron chi connectivity index (χ1n) is 6.20. The molecule has 0 N–H and O–H groups in total. The minimum absolute atomic E-state index is 0.0806. The molecule has 20 heavy (non-hydrogen) atoms. The van der Waals surface area contributed by atoms with Gasteiger partial charge in [0.15, 0.2) is 5.78 Å². The molecule has 0 bridgehead atoms. The lowest BCUT2D eigenvalue weighted by molar-refractivity contribution is 0.104. The van der Waals surface area contributed by atoms with E-state index >= 15 is 0 Å². The Morgan fingerprint density at radius 1 is 0.900 bits per heavy atom. The fourth-order valence-electron chi connectivity index (χ4n) is 2.70. The van der Waals surface area contributed by atoms with Gasteiger partial charge in [-0.2, -0.15) is 0 Å². The summed E-state index contributed by atoms with van der Waals surface area (Å²) in [7, 11) is 4.74. The van der Waals surface area contributed by atoms with Gasteiger partial charge < -0.3 is 14.2 Å². The predicted molar refractivity (Wildman–Crippen MR) is 77.0 cm³/mol. The minimum atomic E-state index is -0.0806. The van der Waals surface area contributed by atoms with Crippen LogP contribution in [0.1, 0.15) is 15.9 Å². The second-order valence-electron chi connectivity index (χ2n) is 4.44. The largest absolute Gasteiger partial charge is 0.496 e. The van der Waals surface area contributed by atoms with Crippen LogP contribution < -0.4 is 14.2 Å². The number of fused-ring (bicyclic) bond motifs is 2. The molecule has 1 aliphatic rings. The van der Waals surface area contributed by atoms with Crippen molar-refractivity contribution >= 4 is 22.6 Å². The number of benzene rings is 2. The Morgan fingerprint density at radius 3 is 2.30 bits per heavy atom. The molecule has 4 heteroatoms. The monoisotopic (exact) mass is 270 g/mol. The van der Waals surface area contributed by atoms with Crippen LogP contribution in [-0.4, -0.2) is 27.1 Å². The molecule has 0 heterocycles. The van der Waals surface area contributed by atoms with E-state index in [1.54, 1.807) is 27.4 Å². The number of ether oxygens (including phenoxy) is 3. The Labute approximate surface area is 116 Å². The smallest absolute Gasteiger partial charge is 0.190 e. The van der Waals surface area contributed by atoms with E-state index in [0.29, 0.717) is 22.8 Å². The number of carbonyl (C=O) groups excluding carboxylic acids is 1. The normalized spacial score (nSPS) is 12.7. The van der Waals surface area contributed by atoms with Crippen molar-refractivity contribution in [1.82, 2.24) is 0 Å². The summed E-state index contributed by atoms with van der Waals surface area (Å²) in [5.74, 6) is 1.77. The van der Waals surface area contributed by atoms with E-state index in [0.717, 1.165) is 16.3 Å². The molecule has 2 aromatic carbocycles. The second-order valence-corrected chi connectivity index (χ2v) is 4.44. The zero-order valence-electron chi connectivity index (χ0n) is 11.5. The molecule has 0 saturated carbocycles. The van der Waals surface area contributed by atoms with Crippen molar-refractivity contribution in [3.8, 4) is 17.2 Å². The summed E-state index contributed by atoms with van der Waals surface area (Å²) in [6.07, 6.45) is 3.29. The Hall–Kier alpha value is -2.49. The summed E-state index contributed by atoms with van der Waals surface area (Å²) in [5.41, 5.74) is 1.29. The molecule has 0 aromatic heterocycles. The SMILES string of the molecule is COc1c2c(c(OC)c3c(OC)cccc13)C(=O)C=C2. The molecule has 102 valence electrons. The van der Waals surface area contributed by atoms with Gasteiger partial charge in [-0.05, 0) is 18.2 Å². The van der Waals surface area contributed by atoms with Crippen molar-refractivity contribution < 1.29 is 19.0 Å². The van der Waals surface area contributed by atoms with Gasteiger partial charge in [0.2, 0.25) is 0 Å². The Kier molecular flexibility index (Phi) is 2.86. The molecule has 2 aromatic rings. The van der Waals surface area contributed by atoms with E-state index in [2.05, 4.69) is 0 Å². The molecule has 0 atom stereocenters. The molecule has 1 aliphatic carbocycles. The van der Waals surface area contributed by atoms with Gasteiger partial charge in [-0.1, -0.05) is 12.1 Å². The highest BCUT2D eigenvalue weighted by Crippen LogP contribution is 2.47. The van der Waals surface area contributed by atoms with E-state index in [1.165, 1.54) is 6.08 Å². The van der Waals surface area contributed by atoms with Crippen LogP contribution in [0.25, 0.3) is 16.8 Å². The van der Waals surface area contributed by atoms with Gasteiger partial charge in [0, 0.05) is 10.9 Å². The van der Waals surface area contributed by atoms with Gasteiger partial charge >= 0.3 is 0 Å². The predicted octanol–water partition coefficient (Wildman–Crippen LogP) is 3.08. The quantitative estimate of drug-likeness (QED) is 0.859. The average Bonchev–Trinajstić information content (AvgIpc) is 2.86. The first kappa shape index (κ1) is 12.5. The third-order valence-electron chi connectivity index (χ3n) is 3.51. The lowest BCUT2D eigenvalue weighted by Crippen LogP contribution is -2.02. The fraction of sp³-hybridized carbons (Fsp3) is 0.188. The number of allylic oxidation sites excluding steroid dienone is 1. The summed E-state index contributed by atoms with van der Waals surface area (Å²) >= 11 is 0. The molecular formula is C16H14O4. The number of hydrogen-bond donors (Lipinski definition) is 0. The average molecular weight is 270 g/mol. The van der Waals surface area contributed by atoms with Crippen LogP contribution in [0.4, 0.5) is 0 Å². The van der Waals surface area contributed by atoms with Crippen LogP contribution in [0.3, 0.4) is 0 Å². The standard InChI is InChI=1S/C16H14O4/c1-18-12-6-4-5-9-14(12)16(20-3)13-10(15(9)19-2)7-8-11(13)17/h4-8H,1-3H3. The number of ketones is 1. The highest BCUT2D eigenvalue weighted by molar-refractivity contribution is 6.21. The number of methoxy groups -OCH3 is 3. The highest BCUT2D eigenvalue weighted by atomic mass is 16.5. The third kappa shape index (κ3) is 1.51. The van der Waals surface area contributed by atoms with Gasteiger partial charge in [-0.15, -0.1) is 0 Å². The van der Waals surface area contributed by atoms with E-state index in [1.807, 2.05) is 18.2 Å². The van der Waals surface area contributed by atoms with Gasteiger partial charge in [0.05, 0.1) is 32.3 Å². The van der Waals surface area contributed by atoms with Crippen molar-refractivity contribution in [2.75, 3.05) is 21.3 Å². The van der Waals surface area contributed by atoms with E-state index in [4.69, 9.17) is 14.2 Å². The van der Waals surface area contributed by atoms with E-state index < -0.39 is 0 Å². The molecule has 0 unspecified atom stereocenters. The van der Waals surface area contributed by atoms with Crippen LogP contribution in [0.15, 0.2) is 24.3 Å². The van der Waals surface area contributed by atoms with E-state index in [9.17, 15) is 4.79 Å².